The van der Waals surface area contributed by atoms with Gasteiger partial charge < -0.3 is 4.52 Å². The van der Waals surface area contributed by atoms with Gasteiger partial charge in [-0.2, -0.15) is 4.98 Å². The normalized spacial score (nSPS) is 13.5. The van der Waals surface area contributed by atoms with Gasteiger partial charge in [-0.15, -0.1) is 0 Å². The molecule has 1 amide bonds. The second kappa shape index (κ2) is 6.31. The zero-order valence-corrected chi connectivity index (χ0v) is 12.8. The molecule has 8 heteroatoms. The summed E-state index contributed by atoms with van der Waals surface area (Å²) >= 11 is 3.05. The molecule has 1 aliphatic rings. The number of aryl methyl sites for hydroxylation is 1. The molecule has 2 aromatic rings. The summed E-state index contributed by atoms with van der Waals surface area (Å²) in [7, 11) is 0. The number of benzene rings is 1. The highest BCUT2D eigenvalue weighted by atomic mass is 32.2. The van der Waals surface area contributed by atoms with E-state index in [1.807, 2.05) is 18.2 Å². The van der Waals surface area contributed by atoms with Crippen LogP contribution in [-0.4, -0.2) is 26.2 Å². The number of thioether (sulfide) groups is 2. The van der Waals surface area contributed by atoms with Crippen molar-refractivity contribution in [2.24, 2.45) is 4.99 Å². The number of nitrogens with one attached hydrogen (secondary N) is 1. The molecule has 1 aromatic carbocycles. The molecule has 0 unspecified atom stereocenters. The number of carbonyl (C=O) groups excluding carboxylic acids is 1. The van der Waals surface area contributed by atoms with Crippen LogP contribution in [0.5, 0.6) is 0 Å². The molecule has 0 fully saturated rings. The molecular formula is C13H12N4O2S2. The summed E-state index contributed by atoms with van der Waals surface area (Å²) < 4.78 is 5.73. The van der Waals surface area contributed by atoms with Gasteiger partial charge in [-0.05, 0) is 18.6 Å². The number of rotatable bonds is 3. The molecule has 108 valence electrons. The van der Waals surface area contributed by atoms with Crippen LogP contribution in [-0.2, 0) is 10.5 Å². The van der Waals surface area contributed by atoms with Crippen LogP contribution in [0, 0.1) is 6.92 Å². The van der Waals surface area contributed by atoms with Gasteiger partial charge in [0.25, 0.3) is 0 Å². The maximum atomic E-state index is 11.8. The smallest absolute Gasteiger partial charge is 0.315 e. The average Bonchev–Trinajstić information content (AvgIpc) is 2.90. The van der Waals surface area contributed by atoms with E-state index in [0.717, 1.165) is 15.8 Å². The lowest BCUT2D eigenvalue weighted by Crippen LogP contribution is -2.15. The Kier molecular flexibility index (Phi) is 4.26. The van der Waals surface area contributed by atoms with E-state index < -0.39 is 0 Å². The fourth-order valence-corrected chi connectivity index (χ4v) is 3.58. The van der Waals surface area contributed by atoms with Gasteiger partial charge in [0, 0.05) is 5.75 Å². The van der Waals surface area contributed by atoms with Crippen LogP contribution in [0.3, 0.4) is 0 Å². The van der Waals surface area contributed by atoms with Gasteiger partial charge >= 0.3 is 6.01 Å². The summed E-state index contributed by atoms with van der Waals surface area (Å²) in [6.07, 6.45) is 0. The van der Waals surface area contributed by atoms with Crippen molar-refractivity contribution in [3.8, 4) is 0 Å². The van der Waals surface area contributed by atoms with Crippen molar-refractivity contribution >= 4 is 45.5 Å². The SMILES string of the molecule is Cc1noc(NC(=O)CSC2=Nc3ccccc3CS2)n1. The van der Waals surface area contributed by atoms with Crippen LogP contribution < -0.4 is 5.32 Å². The Morgan fingerprint density at radius 1 is 1.48 bits per heavy atom. The van der Waals surface area contributed by atoms with Crippen molar-refractivity contribution in [2.75, 3.05) is 11.1 Å². The molecule has 0 radical (unpaired) electrons. The van der Waals surface area contributed by atoms with Crippen LogP contribution in [0.2, 0.25) is 0 Å². The van der Waals surface area contributed by atoms with Crippen LogP contribution >= 0.6 is 23.5 Å². The van der Waals surface area contributed by atoms with E-state index in [-0.39, 0.29) is 17.7 Å². The number of aliphatic imine (C=N–C) groups is 1. The van der Waals surface area contributed by atoms with Gasteiger partial charge in [-0.25, -0.2) is 4.99 Å². The second-order valence-corrected chi connectivity index (χ2v) is 6.47. The first-order valence-corrected chi connectivity index (χ1v) is 8.20. The summed E-state index contributed by atoms with van der Waals surface area (Å²) in [5, 5.41) is 6.17. The van der Waals surface area contributed by atoms with Gasteiger partial charge in [0.15, 0.2) is 5.82 Å². The molecular weight excluding hydrogens is 308 g/mol. The minimum absolute atomic E-state index is 0.127. The molecule has 0 spiro atoms. The first kappa shape index (κ1) is 14.2. The first-order valence-electron chi connectivity index (χ1n) is 6.23. The quantitative estimate of drug-likeness (QED) is 0.936. The maximum Gasteiger partial charge on any atom is 0.328 e. The van der Waals surface area contributed by atoms with Gasteiger partial charge in [0.2, 0.25) is 5.91 Å². The molecule has 0 saturated carbocycles. The largest absolute Gasteiger partial charge is 0.328 e. The van der Waals surface area contributed by atoms with Crippen LogP contribution in [0.15, 0.2) is 33.8 Å². The Morgan fingerprint density at radius 3 is 3.14 bits per heavy atom. The Bertz CT molecular complexity index is 699. The lowest BCUT2D eigenvalue weighted by Gasteiger charge is -2.13. The Hall–Kier alpha value is -1.80. The molecule has 3 rings (SSSR count). The highest BCUT2D eigenvalue weighted by Gasteiger charge is 2.15. The predicted octanol–water partition coefficient (Wildman–Crippen LogP) is 2.98. The Labute approximate surface area is 129 Å². The zero-order valence-electron chi connectivity index (χ0n) is 11.2. The molecule has 0 atom stereocenters. The zero-order chi connectivity index (χ0) is 14.7. The lowest BCUT2D eigenvalue weighted by atomic mass is 10.2. The molecule has 6 nitrogen and oxygen atoms in total. The van der Waals surface area contributed by atoms with E-state index >= 15 is 0 Å². The third-order valence-electron chi connectivity index (χ3n) is 2.66. The van der Waals surface area contributed by atoms with Crippen molar-refractivity contribution in [3.05, 3.63) is 35.7 Å². The summed E-state index contributed by atoms with van der Waals surface area (Å²) in [5.74, 6) is 1.44. The van der Waals surface area contributed by atoms with Crippen molar-refractivity contribution < 1.29 is 9.32 Å². The van der Waals surface area contributed by atoms with Crippen molar-refractivity contribution in [2.45, 2.75) is 12.7 Å². The molecule has 1 N–H and O–H groups in total. The van der Waals surface area contributed by atoms with E-state index in [0.29, 0.717) is 5.82 Å². The van der Waals surface area contributed by atoms with E-state index in [9.17, 15) is 4.79 Å². The summed E-state index contributed by atoms with van der Waals surface area (Å²) in [6, 6.07) is 8.15. The third kappa shape index (κ3) is 3.64. The van der Waals surface area contributed by atoms with Crippen LogP contribution in [0.1, 0.15) is 11.4 Å². The standard InChI is InChI=1S/C13H12N4O2S2/c1-8-14-12(19-17-8)16-11(18)7-21-13-15-10-5-3-2-4-9(10)6-20-13/h2-5H,6-7H2,1H3,(H,14,16,17,18). The molecule has 1 aliphatic heterocycles. The predicted molar refractivity (Wildman–Crippen MR) is 85.0 cm³/mol. The number of aromatic nitrogens is 2. The van der Waals surface area contributed by atoms with Crippen molar-refractivity contribution in [1.82, 2.24) is 10.1 Å². The number of hydrogen-bond acceptors (Lipinski definition) is 7. The number of amides is 1. The fraction of sp³-hybridized carbons (Fsp3) is 0.231. The fourth-order valence-electron chi connectivity index (χ4n) is 1.72. The van der Waals surface area contributed by atoms with E-state index in [4.69, 9.17) is 4.52 Å². The highest BCUT2D eigenvalue weighted by Crippen LogP contribution is 2.34. The Balaban J connectivity index is 1.56. The van der Waals surface area contributed by atoms with Gasteiger partial charge in [-0.3, -0.25) is 10.1 Å². The molecule has 0 saturated heterocycles. The maximum absolute atomic E-state index is 11.8. The van der Waals surface area contributed by atoms with Crippen LogP contribution in [0.4, 0.5) is 11.7 Å². The van der Waals surface area contributed by atoms with E-state index in [1.165, 1.54) is 17.3 Å². The molecule has 2 heterocycles. The average molecular weight is 320 g/mol. The number of para-hydroxylation sites is 1. The third-order valence-corrected chi connectivity index (χ3v) is 4.90. The number of hydrogen-bond donors (Lipinski definition) is 1. The van der Waals surface area contributed by atoms with E-state index in [1.54, 1.807) is 18.7 Å². The number of nitrogens with zero attached hydrogens (tertiary/aromatic N) is 3. The second-order valence-electron chi connectivity index (χ2n) is 4.28. The van der Waals surface area contributed by atoms with Gasteiger partial charge in [-0.1, -0.05) is 46.9 Å². The molecule has 21 heavy (non-hydrogen) atoms. The first-order chi connectivity index (χ1) is 10.2. The summed E-state index contributed by atoms with van der Waals surface area (Å²) in [5.41, 5.74) is 2.20. The molecule has 1 aromatic heterocycles. The van der Waals surface area contributed by atoms with E-state index in [2.05, 4.69) is 26.5 Å². The highest BCUT2D eigenvalue weighted by molar-refractivity contribution is 8.38. The monoisotopic (exact) mass is 320 g/mol. The number of carbonyl (C=O) groups is 1. The van der Waals surface area contributed by atoms with Gasteiger partial charge in [0.1, 0.15) is 4.38 Å². The van der Waals surface area contributed by atoms with Gasteiger partial charge in [0.05, 0.1) is 11.4 Å². The summed E-state index contributed by atoms with van der Waals surface area (Å²) in [6.45, 7) is 1.69. The van der Waals surface area contributed by atoms with Crippen molar-refractivity contribution in [1.29, 1.82) is 0 Å². The lowest BCUT2D eigenvalue weighted by molar-refractivity contribution is -0.113. The van der Waals surface area contributed by atoms with Crippen molar-refractivity contribution in [3.63, 3.8) is 0 Å². The summed E-state index contributed by atoms with van der Waals surface area (Å²) in [4.78, 5) is 20.2. The van der Waals surface area contributed by atoms with Crippen LogP contribution in [0.25, 0.3) is 0 Å². The molecule has 0 aliphatic carbocycles. The topological polar surface area (TPSA) is 80.4 Å². The number of fused-ring (bicyclic) bond motifs is 1. The molecule has 0 bridgehead atoms. The minimum atomic E-state index is -0.189. The minimum Gasteiger partial charge on any atom is -0.315 e. The Morgan fingerprint density at radius 2 is 2.33 bits per heavy atom. The number of anilines is 1.